The summed E-state index contributed by atoms with van der Waals surface area (Å²) < 4.78 is 0. The standard InChI is InChI=1S/C13H24ClN/c1-3-13(15-10-11(2)9-14)12-7-5-4-6-8-12/h9,12-13,15H,3-8,10H2,1-2H3. The van der Waals surface area contributed by atoms with Gasteiger partial charge < -0.3 is 5.32 Å². The molecule has 1 aliphatic carbocycles. The Morgan fingerprint density at radius 3 is 2.60 bits per heavy atom. The van der Waals surface area contributed by atoms with E-state index in [4.69, 9.17) is 11.6 Å². The van der Waals surface area contributed by atoms with Crippen molar-refractivity contribution >= 4 is 11.6 Å². The first-order chi connectivity index (χ1) is 7.27. The van der Waals surface area contributed by atoms with Crippen molar-refractivity contribution in [1.82, 2.24) is 5.32 Å². The molecule has 1 saturated carbocycles. The molecule has 15 heavy (non-hydrogen) atoms. The number of nitrogens with one attached hydrogen (secondary N) is 1. The lowest BCUT2D eigenvalue weighted by molar-refractivity contribution is 0.267. The Labute approximate surface area is 99.3 Å². The molecule has 1 rings (SSSR count). The Bertz CT molecular complexity index is 195. The zero-order valence-corrected chi connectivity index (χ0v) is 10.8. The summed E-state index contributed by atoms with van der Waals surface area (Å²) in [5, 5.41) is 3.64. The van der Waals surface area contributed by atoms with Crippen LogP contribution in [-0.2, 0) is 0 Å². The van der Waals surface area contributed by atoms with Gasteiger partial charge in [-0.05, 0) is 37.7 Å². The molecule has 2 heteroatoms. The van der Waals surface area contributed by atoms with E-state index in [1.807, 2.05) is 0 Å². The summed E-state index contributed by atoms with van der Waals surface area (Å²) in [6.45, 7) is 5.30. The van der Waals surface area contributed by atoms with Gasteiger partial charge in [0.1, 0.15) is 0 Å². The maximum Gasteiger partial charge on any atom is 0.0176 e. The van der Waals surface area contributed by atoms with Crippen molar-refractivity contribution in [2.75, 3.05) is 6.54 Å². The molecule has 0 aromatic carbocycles. The summed E-state index contributed by atoms with van der Waals surface area (Å²) in [7, 11) is 0. The van der Waals surface area contributed by atoms with Crippen LogP contribution < -0.4 is 5.32 Å². The van der Waals surface area contributed by atoms with E-state index in [1.165, 1.54) is 44.1 Å². The zero-order valence-electron chi connectivity index (χ0n) is 10.1. The molecule has 1 nitrogen and oxygen atoms in total. The Hall–Kier alpha value is -0.0100. The lowest BCUT2D eigenvalue weighted by Gasteiger charge is -2.30. The molecule has 0 saturated heterocycles. The van der Waals surface area contributed by atoms with Crippen LogP contribution >= 0.6 is 11.6 Å². The highest BCUT2D eigenvalue weighted by Crippen LogP contribution is 2.27. The van der Waals surface area contributed by atoms with Crippen molar-refractivity contribution in [3.05, 3.63) is 11.1 Å². The second-order valence-corrected chi connectivity index (χ2v) is 4.97. The van der Waals surface area contributed by atoms with Crippen LogP contribution in [0.4, 0.5) is 0 Å². The first kappa shape index (κ1) is 13.1. The molecule has 1 aliphatic rings. The molecule has 0 aliphatic heterocycles. The Morgan fingerprint density at radius 1 is 1.40 bits per heavy atom. The molecule has 1 unspecified atom stereocenters. The maximum atomic E-state index is 5.66. The Kier molecular flexibility index (Phi) is 6.35. The molecule has 0 bridgehead atoms. The molecule has 0 heterocycles. The van der Waals surface area contributed by atoms with Gasteiger partial charge in [0.15, 0.2) is 0 Å². The molecular weight excluding hydrogens is 206 g/mol. The first-order valence-corrected chi connectivity index (χ1v) is 6.70. The van der Waals surface area contributed by atoms with Crippen molar-refractivity contribution in [1.29, 1.82) is 0 Å². The molecule has 1 atom stereocenters. The van der Waals surface area contributed by atoms with Crippen molar-refractivity contribution in [3.63, 3.8) is 0 Å². The van der Waals surface area contributed by atoms with Crippen LogP contribution in [0.2, 0.25) is 0 Å². The summed E-state index contributed by atoms with van der Waals surface area (Å²) in [6, 6.07) is 0.692. The van der Waals surface area contributed by atoms with E-state index in [9.17, 15) is 0 Å². The van der Waals surface area contributed by atoms with Gasteiger partial charge in [-0.15, -0.1) is 0 Å². The van der Waals surface area contributed by atoms with Crippen LogP contribution in [0.1, 0.15) is 52.4 Å². The summed E-state index contributed by atoms with van der Waals surface area (Å²) in [6.07, 6.45) is 8.35. The van der Waals surface area contributed by atoms with Crippen molar-refractivity contribution in [3.8, 4) is 0 Å². The van der Waals surface area contributed by atoms with Crippen LogP contribution in [0.15, 0.2) is 11.1 Å². The minimum Gasteiger partial charge on any atom is -0.310 e. The van der Waals surface area contributed by atoms with E-state index in [0.717, 1.165) is 12.5 Å². The predicted octanol–water partition coefficient (Wildman–Crippen LogP) is 4.08. The fourth-order valence-electron chi connectivity index (χ4n) is 2.51. The van der Waals surface area contributed by atoms with Crippen LogP contribution in [-0.4, -0.2) is 12.6 Å². The largest absolute Gasteiger partial charge is 0.310 e. The van der Waals surface area contributed by atoms with Crippen LogP contribution in [0.25, 0.3) is 0 Å². The van der Waals surface area contributed by atoms with E-state index in [2.05, 4.69) is 19.2 Å². The normalized spacial score (nSPS) is 21.7. The third kappa shape index (κ3) is 4.56. The van der Waals surface area contributed by atoms with Crippen molar-refractivity contribution in [2.45, 2.75) is 58.4 Å². The average molecular weight is 230 g/mol. The number of hydrogen-bond donors (Lipinski definition) is 1. The van der Waals surface area contributed by atoms with Gasteiger partial charge in [-0.25, -0.2) is 0 Å². The second-order valence-electron chi connectivity index (χ2n) is 4.75. The van der Waals surface area contributed by atoms with Gasteiger partial charge in [0.25, 0.3) is 0 Å². The fraction of sp³-hybridized carbons (Fsp3) is 0.846. The van der Waals surface area contributed by atoms with E-state index in [1.54, 1.807) is 5.54 Å². The van der Waals surface area contributed by atoms with Crippen molar-refractivity contribution in [2.24, 2.45) is 5.92 Å². The monoisotopic (exact) mass is 229 g/mol. The van der Waals surface area contributed by atoms with Crippen LogP contribution in [0.3, 0.4) is 0 Å². The Morgan fingerprint density at radius 2 is 2.07 bits per heavy atom. The first-order valence-electron chi connectivity index (χ1n) is 6.27. The smallest absolute Gasteiger partial charge is 0.0176 e. The van der Waals surface area contributed by atoms with Crippen LogP contribution in [0, 0.1) is 5.92 Å². The average Bonchev–Trinajstić information content (AvgIpc) is 2.31. The predicted molar refractivity (Wildman–Crippen MR) is 68.3 cm³/mol. The van der Waals surface area contributed by atoms with Crippen molar-refractivity contribution < 1.29 is 0 Å². The van der Waals surface area contributed by atoms with E-state index >= 15 is 0 Å². The lowest BCUT2D eigenvalue weighted by Crippen LogP contribution is -2.37. The number of halogens is 1. The van der Waals surface area contributed by atoms with Gasteiger partial charge in [0, 0.05) is 18.1 Å². The van der Waals surface area contributed by atoms with Gasteiger partial charge in [-0.3, -0.25) is 0 Å². The molecule has 88 valence electrons. The highest BCUT2D eigenvalue weighted by Gasteiger charge is 2.21. The van der Waals surface area contributed by atoms with Gasteiger partial charge in [0.2, 0.25) is 0 Å². The van der Waals surface area contributed by atoms with Crippen LogP contribution in [0.5, 0.6) is 0 Å². The minimum atomic E-state index is 0.692. The second kappa shape index (κ2) is 7.29. The van der Waals surface area contributed by atoms with E-state index in [-0.39, 0.29) is 0 Å². The minimum absolute atomic E-state index is 0.692. The number of hydrogen-bond acceptors (Lipinski definition) is 1. The summed E-state index contributed by atoms with van der Waals surface area (Å²) in [4.78, 5) is 0. The quantitative estimate of drug-likeness (QED) is 0.749. The summed E-state index contributed by atoms with van der Waals surface area (Å²) >= 11 is 5.66. The topological polar surface area (TPSA) is 12.0 Å². The third-order valence-electron chi connectivity index (χ3n) is 3.49. The Balaban J connectivity index is 2.33. The molecule has 1 fully saturated rings. The molecule has 0 aromatic rings. The molecule has 0 radical (unpaired) electrons. The van der Waals surface area contributed by atoms with Gasteiger partial charge in [-0.2, -0.15) is 0 Å². The summed E-state index contributed by atoms with van der Waals surface area (Å²) in [5.41, 5.74) is 2.91. The highest BCUT2D eigenvalue weighted by molar-refractivity contribution is 6.25. The molecule has 1 N–H and O–H groups in total. The molecular formula is C13H24ClN. The fourth-order valence-corrected chi connectivity index (χ4v) is 2.59. The highest BCUT2D eigenvalue weighted by atomic mass is 35.5. The van der Waals surface area contributed by atoms with E-state index < -0.39 is 0 Å². The summed E-state index contributed by atoms with van der Waals surface area (Å²) in [5.74, 6) is 0.895. The third-order valence-corrected chi connectivity index (χ3v) is 3.86. The zero-order chi connectivity index (χ0) is 11.1. The van der Waals surface area contributed by atoms with E-state index in [0.29, 0.717) is 6.04 Å². The molecule has 0 spiro atoms. The molecule has 0 amide bonds. The maximum absolute atomic E-state index is 5.66. The lowest BCUT2D eigenvalue weighted by atomic mass is 9.83. The van der Waals surface area contributed by atoms with Gasteiger partial charge >= 0.3 is 0 Å². The number of rotatable bonds is 5. The molecule has 0 aromatic heterocycles. The van der Waals surface area contributed by atoms with Gasteiger partial charge in [0.05, 0.1) is 0 Å². The SMILES string of the molecule is CCC(NCC(C)=CCl)C1CCCCC1. The van der Waals surface area contributed by atoms with Gasteiger partial charge in [-0.1, -0.05) is 37.8 Å².